The highest BCUT2D eigenvalue weighted by molar-refractivity contribution is 5.37. The topological polar surface area (TPSA) is 12.0 Å². The Labute approximate surface area is 124 Å². The van der Waals surface area contributed by atoms with Crippen LogP contribution in [0.1, 0.15) is 86.9 Å². The number of rotatable bonds is 3. The van der Waals surface area contributed by atoms with Gasteiger partial charge in [-0.1, -0.05) is 50.8 Å². The Morgan fingerprint density at radius 1 is 1.00 bits per heavy atom. The van der Waals surface area contributed by atoms with E-state index >= 15 is 0 Å². The minimum Gasteiger partial charge on any atom is -0.310 e. The van der Waals surface area contributed by atoms with E-state index in [0.29, 0.717) is 6.04 Å². The summed E-state index contributed by atoms with van der Waals surface area (Å²) in [5, 5.41) is 3.71. The second-order valence-corrected chi connectivity index (χ2v) is 6.65. The maximum Gasteiger partial charge on any atom is 0.0322 e. The third-order valence-electron chi connectivity index (χ3n) is 5.26. The van der Waals surface area contributed by atoms with Crippen LogP contribution in [-0.2, 0) is 6.42 Å². The Hall–Kier alpha value is -0.820. The fraction of sp³-hybridized carbons (Fsp3) is 0.684. The fourth-order valence-corrected chi connectivity index (χ4v) is 4.13. The SMILES string of the molecule is CCNC1CCCCc2ccc(C3CCCCC3)cc21. The summed E-state index contributed by atoms with van der Waals surface area (Å²) < 4.78 is 0. The van der Waals surface area contributed by atoms with Crippen LogP contribution in [0.2, 0.25) is 0 Å². The van der Waals surface area contributed by atoms with E-state index in [-0.39, 0.29) is 0 Å². The van der Waals surface area contributed by atoms with E-state index in [1.807, 2.05) is 0 Å². The summed E-state index contributed by atoms with van der Waals surface area (Å²) in [6, 6.07) is 8.03. The molecule has 20 heavy (non-hydrogen) atoms. The highest BCUT2D eigenvalue weighted by Crippen LogP contribution is 2.36. The fourth-order valence-electron chi connectivity index (χ4n) is 4.13. The maximum absolute atomic E-state index is 3.71. The third kappa shape index (κ3) is 3.09. The van der Waals surface area contributed by atoms with E-state index in [4.69, 9.17) is 0 Å². The molecule has 1 fully saturated rings. The van der Waals surface area contributed by atoms with E-state index in [1.165, 1.54) is 57.8 Å². The normalized spacial score (nSPS) is 24.1. The molecular weight excluding hydrogens is 242 g/mol. The van der Waals surface area contributed by atoms with Gasteiger partial charge in [-0.05, 0) is 61.3 Å². The first-order valence-corrected chi connectivity index (χ1v) is 8.74. The monoisotopic (exact) mass is 271 g/mol. The predicted octanol–water partition coefficient (Wildman–Crippen LogP) is 5.11. The molecule has 0 amide bonds. The molecule has 0 aromatic heterocycles. The summed E-state index contributed by atoms with van der Waals surface area (Å²) in [5.41, 5.74) is 4.84. The third-order valence-corrected chi connectivity index (χ3v) is 5.26. The van der Waals surface area contributed by atoms with Crippen molar-refractivity contribution in [2.75, 3.05) is 6.54 Å². The van der Waals surface area contributed by atoms with Crippen LogP contribution < -0.4 is 5.32 Å². The first kappa shape index (κ1) is 14.1. The van der Waals surface area contributed by atoms with Crippen molar-refractivity contribution in [3.8, 4) is 0 Å². The van der Waals surface area contributed by atoms with Crippen molar-refractivity contribution in [1.82, 2.24) is 5.32 Å². The van der Waals surface area contributed by atoms with Crippen LogP contribution in [0.3, 0.4) is 0 Å². The Morgan fingerprint density at radius 3 is 2.60 bits per heavy atom. The zero-order chi connectivity index (χ0) is 13.8. The molecule has 1 heteroatoms. The van der Waals surface area contributed by atoms with Gasteiger partial charge in [0.1, 0.15) is 0 Å². The van der Waals surface area contributed by atoms with Crippen molar-refractivity contribution in [3.63, 3.8) is 0 Å². The number of hydrogen-bond donors (Lipinski definition) is 1. The summed E-state index contributed by atoms with van der Waals surface area (Å²) in [7, 11) is 0. The molecule has 3 rings (SSSR count). The first-order valence-electron chi connectivity index (χ1n) is 8.74. The molecular formula is C19H29N. The number of nitrogens with one attached hydrogen (secondary N) is 1. The molecule has 2 aliphatic carbocycles. The van der Waals surface area contributed by atoms with Crippen molar-refractivity contribution in [1.29, 1.82) is 0 Å². The van der Waals surface area contributed by atoms with Crippen molar-refractivity contribution < 1.29 is 0 Å². The van der Waals surface area contributed by atoms with Crippen LogP contribution >= 0.6 is 0 Å². The molecule has 1 aromatic carbocycles. The Morgan fingerprint density at radius 2 is 1.80 bits per heavy atom. The molecule has 0 saturated heterocycles. The summed E-state index contributed by atoms with van der Waals surface area (Å²) in [4.78, 5) is 0. The van der Waals surface area contributed by atoms with Crippen LogP contribution in [0, 0.1) is 0 Å². The lowest BCUT2D eigenvalue weighted by Crippen LogP contribution is -2.21. The minimum atomic E-state index is 0.598. The number of fused-ring (bicyclic) bond motifs is 1. The molecule has 1 unspecified atom stereocenters. The average molecular weight is 271 g/mol. The molecule has 0 bridgehead atoms. The maximum atomic E-state index is 3.71. The lowest BCUT2D eigenvalue weighted by molar-refractivity contribution is 0.442. The van der Waals surface area contributed by atoms with E-state index in [9.17, 15) is 0 Å². The van der Waals surface area contributed by atoms with Crippen molar-refractivity contribution >= 4 is 0 Å². The quantitative estimate of drug-likeness (QED) is 0.753. The standard InChI is InChI=1S/C19H29N/c1-2-20-19-11-7-6-10-16-12-13-17(14-18(16)19)15-8-4-3-5-9-15/h12-15,19-20H,2-11H2,1H3. The van der Waals surface area contributed by atoms with E-state index < -0.39 is 0 Å². The molecule has 1 saturated carbocycles. The van der Waals surface area contributed by atoms with Gasteiger partial charge >= 0.3 is 0 Å². The molecule has 1 N–H and O–H groups in total. The van der Waals surface area contributed by atoms with Crippen LogP contribution in [0.15, 0.2) is 18.2 Å². The second-order valence-electron chi connectivity index (χ2n) is 6.65. The van der Waals surface area contributed by atoms with E-state index in [2.05, 4.69) is 30.4 Å². The van der Waals surface area contributed by atoms with Crippen LogP contribution in [0.5, 0.6) is 0 Å². The smallest absolute Gasteiger partial charge is 0.0322 e. The Balaban J connectivity index is 1.87. The van der Waals surface area contributed by atoms with Gasteiger partial charge in [-0.25, -0.2) is 0 Å². The van der Waals surface area contributed by atoms with Crippen molar-refractivity contribution in [2.24, 2.45) is 0 Å². The lowest BCUT2D eigenvalue weighted by Gasteiger charge is -2.25. The van der Waals surface area contributed by atoms with E-state index in [0.717, 1.165) is 12.5 Å². The van der Waals surface area contributed by atoms with Crippen LogP contribution in [-0.4, -0.2) is 6.54 Å². The summed E-state index contributed by atoms with van der Waals surface area (Å²) in [6.07, 6.45) is 12.4. The largest absolute Gasteiger partial charge is 0.310 e. The summed E-state index contributed by atoms with van der Waals surface area (Å²) in [6.45, 7) is 3.31. The Bertz CT molecular complexity index is 431. The van der Waals surface area contributed by atoms with Gasteiger partial charge in [0.25, 0.3) is 0 Å². The molecule has 0 spiro atoms. The van der Waals surface area contributed by atoms with Gasteiger partial charge in [0.15, 0.2) is 0 Å². The zero-order valence-electron chi connectivity index (χ0n) is 13.0. The van der Waals surface area contributed by atoms with Gasteiger partial charge in [0.05, 0.1) is 0 Å². The van der Waals surface area contributed by atoms with Gasteiger partial charge in [-0.15, -0.1) is 0 Å². The van der Waals surface area contributed by atoms with Gasteiger partial charge in [0, 0.05) is 6.04 Å². The molecule has 1 aromatic rings. The molecule has 0 aliphatic heterocycles. The highest BCUT2D eigenvalue weighted by Gasteiger charge is 2.21. The van der Waals surface area contributed by atoms with Crippen molar-refractivity contribution in [2.45, 2.75) is 76.7 Å². The summed E-state index contributed by atoms with van der Waals surface area (Å²) >= 11 is 0. The average Bonchev–Trinajstić information content (AvgIpc) is 2.71. The van der Waals surface area contributed by atoms with Crippen LogP contribution in [0.25, 0.3) is 0 Å². The molecule has 1 nitrogen and oxygen atoms in total. The van der Waals surface area contributed by atoms with Gasteiger partial charge < -0.3 is 5.32 Å². The van der Waals surface area contributed by atoms with Crippen LogP contribution in [0.4, 0.5) is 0 Å². The highest BCUT2D eigenvalue weighted by atomic mass is 14.9. The predicted molar refractivity (Wildman–Crippen MR) is 86.2 cm³/mol. The molecule has 110 valence electrons. The van der Waals surface area contributed by atoms with Crippen molar-refractivity contribution in [3.05, 3.63) is 34.9 Å². The van der Waals surface area contributed by atoms with Gasteiger partial charge in [-0.2, -0.15) is 0 Å². The lowest BCUT2D eigenvalue weighted by atomic mass is 9.82. The van der Waals surface area contributed by atoms with E-state index in [1.54, 1.807) is 16.7 Å². The minimum absolute atomic E-state index is 0.598. The zero-order valence-corrected chi connectivity index (χ0v) is 13.0. The number of aryl methyl sites for hydroxylation is 1. The van der Waals surface area contributed by atoms with Gasteiger partial charge in [-0.3, -0.25) is 0 Å². The molecule has 2 aliphatic rings. The molecule has 0 heterocycles. The first-order chi connectivity index (χ1) is 9.88. The van der Waals surface area contributed by atoms with Gasteiger partial charge in [0.2, 0.25) is 0 Å². The Kier molecular flexibility index (Phi) is 4.77. The molecule has 1 atom stereocenters. The second kappa shape index (κ2) is 6.76. The summed E-state index contributed by atoms with van der Waals surface area (Å²) in [5.74, 6) is 0.833. The number of benzene rings is 1. The number of hydrogen-bond acceptors (Lipinski definition) is 1. The molecule has 0 radical (unpaired) electrons.